The van der Waals surface area contributed by atoms with Gasteiger partial charge in [-0.05, 0) is 37.7 Å². The van der Waals surface area contributed by atoms with Gasteiger partial charge in [0, 0.05) is 6.42 Å². The lowest BCUT2D eigenvalue weighted by Crippen LogP contribution is -2.25. The molecule has 0 amide bonds. The lowest BCUT2D eigenvalue weighted by molar-refractivity contribution is -0.116. The van der Waals surface area contributed by atoms with Gasteiger partial charge in [0.25, 0.3) is 0 Å². The molecule has 0 spiro atoms. The Morgan fingerprint density at radius 2 is 2.00 bits per heavy atom. The van der Waals surface area contributed by atoms with Crippen molar-refractivity contribution >= 4 is 5.78 Å². The van der Waals surface area contributed by atoms with Crippen LogP contribution in [-0.4, -0.2) is 5.78 Å². The molecule has 0 fully saturated rings. The van der Waals surface area contributed by atoms with Gasteiger partial charge in [0.1, 0.15) is 0 Å². The lowest BCUT2D eigenvalue weighted by atomic mass is 9.70. The van der Waals surface area contributed by atoms with E-state index in [-0.39, 0.29) is 5.41 Å². The highest BCUT2D eigenvalue weighted by Crippen LogP contribution is 2.41. The third kappa shape index (κ3) is 1.33. The topological polar surface area (TPSA) is 17.1 Å². The molecular weight excluding hydrogens is 148 g/mol. The summed E-state index contributed by atoms with van der Waals surface area (Å²) in [7, 11) is 0. The molecule has 0 heterocycles. The molecule has 0 N–H and O–H groups in total. The average Bonchev–Trinajstić information content (AvgIpc) is 2.09. The molecule has 68 valence electrons. The number of carbonyl (C=O) groups is 1. The van der Waals surface area contributed by atoms with Gasteiger partial charge in [-0.2, -0.15) is 0 Å². The molecule has 1 aliphatic rings. The highest BCUT2D eigenvalue weighted by atomic mass is 16.1. The summed E-state index contributed by atoms with van der Waals surface area (Å²) in [5.74, 6) is 0.346. The van der Waals surface area contributed by atoms with Crippen LogP contribution in [0.1, 0.15) is 47.0 Å². The van der Waals surface area contributed by atoms with E-state index in [1.54, 1.807) is 0 Å². The van der Waals surface area contributed by atoms with Crippen LogP contribution in [0, 0.1) is 5.41 Å². The summed E-state index contributed by atoms with van der Waals surface area (Å²) in [5.41, 5.74) is 2.60. The normalized spacial score (nSPS) is 31.2. The van der Waals surface area contributed by atoms with E-state index in [1.165, 1.54) is 5.57 Å². The summed E-state index contributed by atoms with van der Waals surface area (Å²) in [5, 5.41) is 0. The molecule has 0 radical (unpaired) electrons. The molecular formula is C11H18O. The highest BCUT2D eigenvalue weighted by Gasteiger charge is 2.31. The van der Waals surface area contributed by atoms with Crippen LogP contribution in [-0.2, 0) is 4.79 Å². The first kappa shape index (κ1) is 9.50. The van der Waals surface area contributed by atoms with E-state index >= 15 is 0 Å². The van der Waals surface area contributed by atoms with Gasteiger partial charge in [-0.25, -0.2) is 0 Å². The van der Waals surface area contributed by atoms with E-state index in [4.69, 9.17) is 0 Å². The molecule has 1 nitrogen and oxygen atoms in total. The van der Waals surface area contributed by atoms with Crippen molar-refractivity contribution in [3.63, 3.8) is 0 Å². The van der Waals surface area contributed by atoms with Crippen LogP contribution in [0.5, 0.6) is 0 Å². The number of carbonyl (C=O) groups excluding carboxylic acids is 1. The predicted octanol–water partition coefficient (Wildman–Crippen LogP) is 3.10. The maximum Gasteiger partial charge on any atom is 0.158 e. The van der Waals surface area contributed by atoms with Crippen LogP contribution < -0.4 is 0 Å². The molecule has 0 aromatic rings. The van der Waals surface area contributed by atoms with E-state index in [1.807, 2.05) is 6.92 Å². The van der Waals surface area contributed by atoms with Gasteiger partial charge in [-0.15, -0.1) is 0 Å². The minimum atomic E-state index is 0.290. The standard InChI is InChI=1S/C11H18O/c1-5-11(4)7-6-10(12)8(2)9(11)3/h5-7H2,1-4H3. The second-order valence-electron chi connectivity index (χ2n) is 4.09. The Kier molecular flexibility index (Phi) is 2.41. The largest absolute Gasteiger partial charge is 0.295 e. The number of rotatable bonds is 1. The summed E-state index contributed by atoms with van der Waals surface area (Å²) >= 11 is 0. The van der Waals surface area contributed by atoms with Gasteiger partial charge < -0.3 is 0 Å². The Morgan fingerprint density at radius 1 is 1.42 bits per heavy atom. The lowest BCUT2D eigenvalue weighted by Gasteiger charge is -2.34. The number of allylic oxidation sites excluding steroid dienone is 2. The van der Waals surface area contributed by atoms with E-state index in [0.717, 1.165) is 24.8 Å². The summed E-state index contributed by atoms with van der Waals surface area (Å²) in [6, 6.07) is 0. The van der Waals surface area contributed by atoms with Crippen LogP contribution in [0.2, 0.25) is 0 Å². The number of hydrogen-bond donors (Lipinski definition) is 0. The number of Topliss-reactive ketones (excluding diaryl/α,β-unsaturated/α-hetero) is 1. The first-order valence-corrected chi connectivity index (χ1v) is 4.72. The van der Waals surface area contributed by atoms with Gasteiger partial charge in [0.15, 0.2) is 5.78 Å². The fourth-order valence-electron chi connectivity index (χ4n) is 1.87. The quantitative estimate of drug-likeness (QED) is 0.585. The van der Waals surface area contributed by atoms with Crippen molar-refractivity contribution in [3.8, 4) is 0 Å². The zero-order valence-corrected chi connectivity index (χ0v) is 8.53. The van der Waals surface area contributed by atoms with Crippen LogP contribution in [0.25, 0.3) is 0 Å². The maximum absolute atomic E-state index is 11.4. The van der Waals surface area contributed by atoms with Gasteiger partial charge in [0.2, 0.25) is 0 Å². The van der Waals surface area contributed by atoms with Gasteiger partial charge in [-0.3, -0.25) is 4.79 Å². The first-order chi connectivity index (χ1) is 5.51. The summed E-state index contributed by atoms with van der Waals surface area (Å²) in [6.45, 7) is 8.53. The molecule has 0 bridgehead atoms. The third-order valence-corrected chi connectivity index (χ3v) is 3.57. The molecule has 0 saturated carbocycles. The number of hydrogen-bond acceptors (Lipinski definition) is 1. The van der Waals surface area contributed by atoms with Crippen molar-refractivity contribution in [2.24, 2.45) is 5.41 Å². The SMILES string of the molecule is CCC1(C)CCC(=O)C(C)=C1C. The monoisotopic (exact) mass is 166 g/mol. The number of ketones is 1. The molecule has 1 unspecified atom stereocenters. The molecule has 1 rings (SSSR count). The van der Waals surface area contributed by atoms with Crippen LogP contribution >= 0.6 is 0 Å². The Labute approximate surface area is 74.9 Å². The maximum atomic E-state index is 11.4. The second kappa shape index (κ2) is 3.04. The van der Waals surface area contributed by atoms with Crippen LogP contribution in [0.15, 0.2) is 11.1 Å². The molecule has 0 aromatic carbocycles. The minimum Gasteiger partial charge on any atom is -0.295 e. The van der Waals surface area contributed by atoms with Crippen molar-refractivity contribution in [2.75, 3.05) is 0 Å². The van der Waals surface area contributed by atoms with Crippen molar-refractivity contribution in [3.05, 3.63) is 11.1 Å². The van der Waals surface area contributed by atoms with Crippen molar-refractivity contribution < 1.29 is 4.79 Å². The Bertz CT molecular complexity index is 237. The van der Waals surface area contributed by atoms with Crippen molar-refractivity contribution in [2.45, 2.75) is 47.0 Å². The average molecular weight is 166 g/mol. The first-order valence-electron chi connectivity index (χ1n) is 4.72. The molecule has 0 aromatic heterocycles. The summed E-state index contributed by atoms with van der Waals surface area (Å²) in [6.07, 6.45) is 2.92. The highest BCUT2D eigenvalue weighted by molar-refractivity contribution is 5.96. The van der Waals surface area contributed by atoms with Crippen LogP contribution in [0.3, 0.4) is 0 Å². The molecule has 0 saturated heterocycles. The zero-order valence-electron chi connectivity index (χ0n) is 8.53. The predicted molar refractivity (Wildman–Crippen MR) is 51.0 cm³/mol. The Hall–Kier alpha value is -0.590. The third-order valence-electron chi connectivity index (χ3n) is 3.57. The van der Waals surface area contributed by atoms with Crippen molar-refractivity contribution in [1.82, 2.24) is 0 Å². The van der Waals surface area contributed by atoms with Gasteiger partial charge >= 0.3 is 0 Å². The smallest absolute Gasteiger partial charge is 0.158 e. The van der Waals surface area contributed by atoms with E-state index in [2.05, 4.69) is 20.8 Å². The van der Waals surface area contributed by atoms with Gasteiger partial charge in [-0.1, -0.05) is 19.4 Å². The van der Waals surface area contributed by atoms with Crippen molar-refractivity contribution in [1.29, 1.82) is 0 Å². The molecule has 1 heteroatoms. The van der Waals surface area contributed by atoms with E-state index in [0.29, 0.717) is 5.78 Å². The van der Waals surface area contributed by atoms with E-state index < -0.39 is 0 Å². The van der Waals surface area contributed by atoms with Gasteiger partial charge in [0.05, 0.1) is 0 Å². The molecule has 12 heavy (non-hydrogen) atoms. The summed E-state index contributed by atoms with van der Waals surface area (Å²) < 4.78 is 0. The molecule has 1 aliphatic carbocycles. The zero-order chi connectivity index (χ0) is 9.35. The Morgan fingerprint density at radius 3 is 2.50 bits per heavy atom. The molecule has 1 atom stereocenters. The fraction of sp³-hybridized carbons (Fsp3) is 0.727. The summed E-state index contributed by atoms with van der Waals surface area (Å²) in [4.78, 5) is 11.4. The molecule has 0 aliphatic heterocycles. The fourth-order valence-corrected chi connectivity index (χ4v) is 1.87. The van der Waals surface area contributed by atoms with Crippen LogP contribution in [0.4, 0.5) is 0 Å². The van der Waals surface area contributed by atoms with E-state index in [9.17, 15) is 4.79 Å². The second-order valence-corrected chi connectivity index (χ2v) is 4.09. The Balaban J connectivity index is 3.06. The minimum absolute atomic E-state index is 0.290.